The maximum atomic E-state index is 12.4. The van der Waals surface area contributed by atoms with Crippen LogP contribution >= 0.6 is 0 Å². The number of benzene rings is 1. The molecular formula is C18H25N3O3. The summed E-state index contributed by atoms with van der Waals surface area (Å²) in [6.45, 7) is 3.77. The van der Waals surface area contributed by atoms with Crippen LogP contribution in [0, 0.1) is 5.92 Å². The lowest BCUT2D eigenvalue weighted by Crippen LogP contribution is -2.34. The van der Waals surface area contributed by atoms with Crippen LogP contribution in [0.2, 0.25) is 0 Å². The summed E-state index contributed by atoms with van der Waals surface area (Å²) in [6, 6.07) is 7.07. The van der Waals surface area contributed by atoms with Gasteiger partial charge >= 0.3 is 0 Å². The van der Waals surface area contributed by atoms with Gasteiger partial charge in [-0.15, -0.1) is 0 Å². The number of aliphatic hydroxyl groups excluding tert-OH is 1. The minimum absolute atomic E-state index is 0.0219. The van der Waals surface area contributed by atoms with Crippen molar-refractivity contribution in [1.29, 1.82) is 0 Å². The van der Waals surface area contributed by atoms with Crippen LogP contribution in [0.1, 0.15) is 37.7 Å². The molecule has 130 valence electrons. The third-order valence-corrected chi connectivity index (χ3v) is 4.04. The van der Waals surface area contributed by atoms with Crippen LogP contribution < -0.4 is 10.1 Å². The van der Waals surface area contributed by atoms with E-state index in [4.69, 9.17) is 4.74 Å². The highest BCUT2D eigenvalue weighted by molar-refractivity contribution is 5.77. The lowest BCUT2D eigenvalue weighted by Gasteiger charge is -2.22. The Morgan fingerprint density at radius 2 is 2.08 bits per heavy atom. The Morgan fingerprint density at radius 1 is 1.38 bits per heavy atom. The van der Waals surface area contributed by atoms with Gasteiger partial charge in [-0.2, -0.15) is 0 Å². The van der Waals surface area contributed by atoms with Crippen molar-refractivity contribution >= 4 is 5.91 Å². The van der Waals surface area contributed by atoms with Gasteiger partial charge in [-0.25, -0.2) is 4.98 Å². The third-order valence-electron chi connectivity index (χ3n) is 4.04. The molecule has 0 saturated carbocycles. The average molecular weight is 331 g/mol. The molecule has 0 aliphatic carbocycles. The zero-order chi connectivity index (χ0) is 17.7. The van der Waals surface area contributed by atoms with Gasteiger partial charge in [-0.3, -0.25) is 4.79 Å². The van der Waals surface area contributed by atoms with Gasteiger partial charge in [0.2, 0.25) is 5.91 Å². The van der Waals surface area contributed by atoms with Gasteiger partial charge in [0.1, 0.15) is 17.6 Å². The summed E-state index contributed by atoms with van der Waals surface area (Å²) in [5.74, 6) is 1.17. The van der Waals surface area contributed by atoms with Crippen molar-refractivity contribution in [2.24, 2.45) is 13.0 Å². The summed E-state index contributed by atoms with van der Waals surface area (Å²) in [4.78, 5) is 16.8. The second-order valence-electron chi connectivity index (χ2n) is 6.15. The van der Waals surface area contributed by atoms with Gasteiger partial charge in [0.25, 0.3) is 0 Å². The molecule has 0 aliphatic heterocycles. The summed E-state index contributed by atoms with van der Waals surface area (Å²) in [5, 5.41) is 12.9. The standard InChI is InChI=1S/C18H25N3O3/c1-12(2)14(22)11-16(23)20-17(18-19-9-10-21(18)3)13-7-5-6-8-15(13)24-4/h5-10,12,14,17,22H,11H2,1-4H3,(H,20,23). The molecule has 0 saturated heterocycles. The topological polar surface area (TPSA) is 76.4 Å². The second-order valence-corrected chi connectivity index (χ2v) is 6.15. The summed E-state index contributed by atoms with van der Waals surface area (Å²) >= 11 is 0. The quantitative estimate of drug-likeness (QED) is 0.814. The molecule has 0 radical (unpaired) electrons. The molecule has 0 fully saturated rings. The van der Waals surface area contributed by atoms with Crippen molar-refractivity contribution in [2.45, 2.75) is 32.4 Å². The first-order chi connectivity index (χ1) is 11.4. The van der Waals surface area contributed by atoms with Gasteiger partial charge in [-0.1, -0.05) is 32.0 Å². The van der Waals surface area contributed by atoms with Crippen molar-refractivity contribution in [3.8, 4) is 5.75 Å². The fourth-order valence-corrected chi connectivity index (χ4v) is 2.49. The van der Waals surface area contributed by atoms with E-state index in [-0.39, 0.29) is 18.2 Å². The number of aromatic nitrogens is 2. The molecule has 2 rings (SSSR count). The van der Waals surface area contributed by atoms with E-state index in [9.17, 15) is 9.90 Å². The number of para-hydroxylation sites is 1. The van der Waals surface area contributed by atoms with Crippen LogP contribution in [0.4, 0.5) is 0 Å². The maximum Gasteiger partial charge on any atom is 0.223 e. The van der Waals surface area contributed by atoms with E-state index in [1.165, 1.54) is 0 Å². The Hall–Kier alpha value is -2.34. The number of imidazole rings is 1. The van der Waals surface area contributed by atoms with Crippen LogP contribution in [-0.2, 0) is 11.8 Å². The Bertz CT molecular complexity index is 682. The average Bonchev–Trinajstić information content (AvgIpc) is 2.98. The summed E-state index contributed by atoms with van der Waals surface area (Å²) < 4.78 is 7.28. The Morgan fingerprint density at radius 3 is 2.67 bits per heavy atom. The molecule has 0 bridgehead atoms. The monoisotopic (exact) mass is 331 g/mol. The SMILES string of the molecule is COc1ccccc1C(NC(=O)CC(O)C(C)C)c1nccn1C. The number of ether oxygens (including phenoxy) is 1. The molecule has 24 heavy (non-hydrogen) atoms. The highest BCUT2D eigenvalue weighted by Crippen LogP contribution is 2.29. The molecule has 2 N–H and O–H groups in total. The van der Waals surface area contributed by atoms with Crippen LogP contribution in [0.3, 0.4) is 0 Å². The Labute approximate surface area is 142 Å². The molecule has 2 unspecified atom stereocenters. The van der Waals surface area contributed by atoms with Crippen LogP contribution in [-0.4, -0.2) is 33.8 Å². The molecule has 2 aromatic rings. The van der Waals surface area contributed by atoms with Gasteiger partial charge in [0, 0.05) is 25.0 Å². The summed E-state index contributed by atoms with van der Waals surface area (Å²) in [5.41, 5.74) is 0.821. The van der Waals surface area contributed by atoms with Gasteiger partial charge in [0.15, 0.2) is 0 Å². The van der Waals surface area contributed by atoms with Gasteiger partial charge in [-0.05, 0) is 12.0 Å². The maximum absolute atomic E-state index is 12.4. The van der Waals surface area contributed by atoms with Crippen molar-refractivity contribution in [3.63, 3.8) is 0 Å². The number of nitrogens with zero attached hydrogens (tertiary/aromatic N) is 2. The molecule has 2 atom stereocenters. The number of hydrogen-bond acceptors (Lipinski definition) is 4. The van der Waals surface area contributed by atoms with Crippen LogP contribution in [0.25, 0.3) is 0 Å². The smallest absolute Gasteiger partial charge is 0.223 e. The minimum Gasteiger partial charge on any atom is -0.496 e. The molecule has 0 aliphatic rings. The second kappa shape index (κ2) is 7.97. The highest BCUT2D eigenvalue weighted by atomic mass is 16.5. The normalized spacial score (nSPS) is 13.6. The lowest BCUT2D eigenvalue weighted by molar-refractivity contribution is -0.124. The zero-order valence-electron chi connectivity index (χ0n) is 14.6. The van der Waals surface area contributed by atoms with Crippen molar-refractivity contribution in [1.82, 2.24) is 14.9 Å². The fraction of sp³-hybridized carbons (Fsp3) is 0.444. The minimum atomic E-state index is -0.676. The summed E-state index contributed by atoms with van der Waals surface area (Å²) in [7, 11) is 3.47. The first-order valence-corrected chi connectivity index (χ1v) is 8.01. The van der Waals surface area contributed by atoms with E-state index in [1.807, 2.05) is 55.9 Å². The number of nitrogens with one attached hydrogen (secondary N) is 1. The number of rotatable bonds is 7. The first-order valence-electron chi connectivity index (χ1n) is 8.01. The highest BCUT2D eigenvalue weighted by Gasteiger charge is 2.25. The molecule has 1 aromatic heterocycles. The number of methoxy groups -OCH3 is 1. The van der Waals surface area contributed by atoms with Crippen LogP contribution in [0.15, 0.2) is 36.7 Å². The zero-order valence-corrected chi connectivity index (χ0v) is 14.6. The largest absolute Gasteiger partial charge is 0.496 e. The molecule has 6 nitrogen and oxygen atoms in total. The van der Waals surface area contributed by atoms with E-state index in [2.05, 4.69) is 10.3 Å². The van der Waals surface area contributed by atoms with Crippen molar-refractivity contribution < 1.29 is 14.6 Å². The van der Waals surface area contributed by atoms with Crippen molar-refractivity contribution in [3.05, 3.63) is 48.0 Å². The van der Waals surface area contributed by atoms with E-state index in [0.717, 1.165) is 5.56 Å². The van der Waals surface area contributed by atoms with Gasteiger partial charge < -0.3 is 19.7 Å². The van der Waals surface area contributed by atoms with Gasteiger partial charge in [0.05, 0.1) is 19.6 Å². The molecule has 1 amide bonds. The van der Waals surface area contributed by atoms with E-state index >= 15 is 0 Å². The number of aliphatic hydroxyl groups is 1. The van der Waals surface area contributed by atoms with E-state index in [0.29, 0.717) is 11.6 Å². The predicted molar refractivity (Wildman–Crippen MR) is 91.6 cm³/mol. The molecule has 6 heteroatoms. The van der Waals surface area contributed by atoms with Crippen molar-refractivity contribution in [2.75, 3.05) is 7.11 Å². The van der Waals surface area contributed by atoms with E-state index < -0.39 is 12.1 Å². The Balaban J connectivity index is 2.31. The molecular weight excluding hydrogens is 306 g/mol. The Kier molecular flexibility index (Phi) is 5.98. The third kappa shape index (κ3) is 4.14. The lowest BCUT2D eigenvalue weighted by atomic mass is 10.0. The molecule has 0 spiro atoms. The predicted octanol–water partition coefficient (Wildman–Crippen LogP) is 2.04. The summed E-state index contributed by atoms with van der Waals surface area (Å²) in [6.07, 6.45) is 2.89. The number of carbonyl (C=O) groups is 1. The van der Waals surface area contributed by atoms with Crippen LogP contribution in [0.5, 0.6) is 5.75 Å². The number of carbonyl (C=O) groups excluding carboxylic acids is 1. The number of amides is 1. The number of hydrogen-bond donors (Lipinski definition) is 2. The number of aryl methyl sites for hydroxylation is 1. The first kappa shape index (κ1) is 18.0. The van der Waals surface area contributed by atoms with E-state index in [1.54, 1.807) is 13.3 Å². The fourth-order valence-electron chi connectivity index (χ4n) is 2.49. The molecule has 1 aromatic carbocycles. The molecule has 1 heterocycles.